The van der Waals surface area contributed by atoms with Crippen molar-refractivity contribution in [2.24, 2.45) is 0 Å². The van der Waals surface area contributed by atoms with Crippen LogP contribution in [0.15, 0.2) is 39.5 Å². The second kappa shape index (κ2) is 92900. The van der Waals surface area contributed by atoms with E-state index in [2.05, 4.69) is 39.5 Å². The first-order chi connectivity index (χ1) is 3.00. The van der Waals surface area contributed by atoms with Gasteiger partial charge in [-0.25, -0.2) is 0 Å². The summed E-state index contributed by atoms with van der Waals surface area (Å²) < 4.78 is 0. The van der Waals surface area contributed by atoms with Gasteiger partial charge in [0.1, 0.15) is 0 Å². The standard InChI is InChI=1S/3C2H4.Au/c3*1-2;/h3*1-2H2;. The largest absolute Gasteiger partial charge is 0.106 e. The molecule has 0 saturated heterocycles. The first-order valence-electron chi connectivity index (χ1n) is 1.50. The molecule has 1 radical (unpaired) electrons. The van der Waals surface area contributed by atoms with Gasteiger partial charge >= 0.3 is 0 Å². The molecule has 0 aromatic rings. The van der Waals surface area contributed by atoms with Gasteiger partial charge in [-0.1, -0.05) is 0 Å². The van der Waals surface area contributed by atoms with E-state index < -0.39 is 0 Å². The average Bonchev–Trinajstić information content (AvgIpc) is 1.81. The van der Waals surface area contributed by atoms with Crippen molar-refractivity contribution in [3.8, 4) is 0 Å². The molecular weight excluding hydrogens is 269 g/mol. The molecule has 0 aliphatic heterocycles. The Morgan fingerprint density at radius 1 is 0.429 bits per heavy atom. The summed E-state index contributed by atoms with van der Waals surface area (Å²) in [6.45, 7) is 18.0. The SMILES string of the molecule is C=C.C=C.C=C.[Au]. The van der Waals surface area contributed by atoms with Crippen molar-refractivity contribution >= 4 is 0 Å². The molecule has 0 rings (SSSR count). The van der Waals surface area contributed by atoms with Crippen LogP contribution in [0.2, 0.25) is 0 Å². The van der Waals surface area contributed by atoms with E-state index in [0.717, 1.165) is 0 Å². The van der Waals surface area contributed by atoms with E-state index in [1.54, 1.807) is 0 Å². The maximum Gasteiger partial charge on any atom is 0 e. The van der Waals surface area contributed by atoms with Crippen molar-refractivity contribution in [1.82, 2.24) is 0 Å². The first-order valence-corrected chi connectivity index (χ1v) is 1.50. The fraction of sp³-hybridized carbons (Fsp3) is 0. The van der Waals surface area contributed by atoms with Crippen molar-refractivity contribution in [3.63, 3.8) is 0 Å². The van der Waals surface area contributed by atoms with Gasteiger partial charge in [0, 0.05) is 22.4 Å². The van der Waals surface area contributed by atoms with Crippen LogP contribution < -0.4 is 0 Å². The molecule has 0 amide bonds. The maximum atomic E-state index is 3.00. The Kier molecular flexibility index (Phi) is 374000. The quantitative estimate of drug-likeness (QED) is 0.472. The fourth-order valence-corrected chi connectivity index (χ4v) is 0. The first kappa shape index (κ1) is 28.2. The minimum atomic E-state index is 0. The second-order valence-corrected chi connectivity index (χ2v) is 0. The number of hydrogen-bond acceptors (Lipinski definition) is 0. The normalized spacial score (nSPS) is 1.71. The predicted molar refractivity (Wildman–Crippen MR) is 33.8 cm³/mol. The van der Waals surface area contributed by atoms with Crippen LogP contribution in [0, 0.1) is 0 Å². The molecule has 0 unspecified atom stereocenters. The Labute approximate surface area is 62.1 Å². The van der Waals surface area contributed by atoms with Crippen LogP contribution in [-0.4, -0.2) is 0 Å². The molecular formula is C6H12Au. The summed E-state index contributed by atoms with van der Waals surface area (Å²) in [7, 11) is 0. The van der Waals surface area contributed by atoms with Gasteiger partial charge in [-0.3, -0.25) is 0 Å². The van der Waals surface area contributed by atoms with Crippen LogP contribution >= 0.6 is 0 Å². The van der Waals surface area contributed by atoms with Crippen molar-refractivity contribution in [2.75, 3.05) is 0 Å². The molecule has 0 saturated carbocycles. The van der Waals surface area contributed by atoms with Crippen molar-refractivity contribution < 1.29 is 22.4 Å². The molecule has 0 fully saturated rings. The Hall–Kier alpha value is -0.0397. The monoisotopic (exact) mass is 281 g/mol. The predicted octanol–water partition coefficient (Wildman–Crippen LogP) is 2.40. The molecule has 47 valence electrons. The van der Waals surface area contributed by atoms with E-state index in [0.29, 0.717) is 0 Å². The smallest absolute Gasteiger partial charge is 0 e. The number of hydrogen-bond donors (Lipinski definition) is 0. The van der Waals surface area contributed by atoms with Gasteiger partial charge in [-0.15, -0.1) is 39.5 Å². The van der Waals surface area contributed by atoms with E-state index in [9.17, 15) is 0 Å². The third-order valence-corrected chi connectivity index (χ3v) is 0. The second-order valence-electron chi connectivity index (χ2n) is 0. The van der Waals surface area contributed by atoms with E-state index >= 15 is 0 Å². The molecule has 0 aliphatic rings. The third kappa shape index (κ3) is 59200. The minimum absolute atomic E-state index is 0. The molecule has 1 heteroatoms. The maximum absolute atomic E-state index is 3.00. The van der Waals surface area contributed by atoms with E-state index in [1.807, 2.05) is 0 Å². The van der Waals surface area contributed by atoms with Crippen molar-refractivity contribution in [2.45, 2.75) is 0 Å². The van der Waals surface area contributed by atoms with Gasteiger partial charge in [0.2, 0.25) is 0 Å². The van der Waals surface area contributed by atoms with Crippen LogP contribution in [0.3, 0.4) is 0 Å². The van der Waals surface area contributed by atoms with Crippen LogP contribution in [-0.2, 0) is 22.4 Å². The Bertz CT molecular complexity index is 8.90. The molecule has 7 heavy (non-hydrogen) atoms. The Morgan fingerprint density at radius 2 is 0.429 bits per heavy atom. The zero-order valence-corrected chi connectivity index (χ0v) is 6.71. The van der Waals surface area contributed by atoms with Crippen LogP contribution in [0.5, 0.6) is 0 Å². The Balaban J connectivity index is -0.00000000900. The van der Waals surface area contributed by atoms with Gasteiger partial charge in [-0.05, 0) is 0 Å². The molecule has 0 aromatic heterocycles. The fourth-order valence-electron chi connectivity index (χ4n) is 0. The summed E-state index contributed by atoms with van der Waals surface area (Å²) in [4.78, 5) is 0. The van der Waals surface area contributed by atoms with Crippen LogP contribution in [0.4, 0.5) is 0 Å². The van der Waals surface area contributed by atoms with E-state index in [1.165, 1.54) is 0 Å². The van der Waals surface area contributed by atoms with E-state index in [-0.39, 0.29) is 22.4 Å². The number of rotatable bonds is 0. The third-order valence-electron chi connectivity index (χ3n) is 0. The summed E-state index contributed by atoms with van der Waals surface area (Å²) >= 11 is 0. The van der Waals surface area contributed by atoms with E-state index in [4.69, 9.17) is 0 Å². The Morgan fingerprint density at radius 3 is 0.429 bits per heavy atom. The van der Waals surface area contributed by atoms with Crippen LogP contribution in [0.25, 0.3) is 0 Å². The average molecular weight is 281 g/mol. The zero-order chi connectivity index (χ0) is 6.00. The minimum Gasteiger partial charge on any atom is -0.106 e. The molecule has 0 atom stereocenters. The molecule has 0 aliphatic carbocycles. The van der Waals surface area contributed by atoms with Gasteiger partial charge in [0.25, 0.3) is 0 Å². The summed E-state index contributed by atoms with van der Waals surface area (Å²) in [5.41, 5.74) is 0. The summed E-state index contributed by atoms with van der Waals surface area (Å²) in [5.74, 6) is 0. The van der Waals surface area contributed by atoms with Crippen molar-refractivity contribution in [3.05, 3.63) is 39.5 Å². The summed E-state index contributed by atoms with van der Waals surface area (Å²) in [6.07, 6.45) is 0. The molecule has 0 aromatic carbocycles. The molecule has 0 bridgehead atoms. The van der Waals surface area contributed by atoms with Gasteiger partial charge < -0.3 is 0 Å². The molecule has 0 heterocycles. The molecule has 0 spiro atoms. The molecule has 0 N–H and O–H groups in total. The summed E-state index contributed by atoms with van der Waals surface area (Å²) in [6, 6.07) is 0. The van der Waals surface area contributed by atoms with Gasteiger partial charge in [0.15, 0.2) is 0 Å². The zero-order valence-electron chi connectivity index (χ0n) is 4.54. The summed E-state index contributed by atoms with van der Waals surface area (Å²) in [5, 5.41) is 0. The van der Waals surface area contributed by atoms with Crippen molar-refractivity contribution in [1.29, 1.82) is 0 Å². The van der Waals surface area contributed by atoms with Crippen LogP contribution in [0.1, 0.15) is 0 Å². The van der Waals surface area contributed by atoms with Gasteiger partial charge in [-0.2, -0.15) is 0 Å². The molecule has 0 nitrogen and oxygen atoms in total. The van der Waals surface area contributed by atoms with Gasteiger partial charge in [0.05, 0.1) is 0 Å². The topological polar surface area (TPSA) is 0 Å².